The standard InChI is InChI=1S/C14H19NO5/c1-8-4-9(2)13(10(3)5-8)20-7-12(17)15-11(6-16)14(18)19/h4-5,11,16H,6-7H2,1-3H3,(H,15,17)(H,18,19)/t11-/m1/s1. The number of hydrogen-bond donors (Lipinski definition) is 3. The van der Waals surface area contributed by atoms with Crippen molar-refractivity contribution in [2.45, 2.75) is 26.8 Å². The number of rotatable bonds is 6. The molecule has 0 fully saturated rings. The second-order valence-corrected chi connectivity index (χ2v) is 4.66. The van der Waals surface area contributed by atoms with E-state index in [2.05, 4.69) is 5.32 Å². The fourth-order valence-electron chi connectivity index (χ4n) is 1.95. The molecule has 20 heavy (non-hydrogen) atoms. The second kappa shape index (κ2) is 6.91. The van der Waals surface area contributed by atoms with Gasteiger partial charge in [0.25, 0.3) is 5.91 Å². The maximum Gasteiger partial charge on any atom is 0.328 e. The number of carboxylic acid groups (broad SMARTS) is 1. The maximum absolute atomic E-state index is 11.6. The Kier molecular flexibility index (Phi) is 5.52. The number of carbonyl (C=O) groups excluding carboxylic acids is 1. The minimum Gasteiger partial charge on any atom is -0.483 e. The SMILES string of the molecule is Cc1cc(C)c(OCC(=O)N[C@H](CO)C(=O)O)c(C)c1. The molecule has 1 rings (SSSR count). The molecular formula is C14H19NO5. The predicted octanol–water partition coefficient (Wildman–Crippen LogP) is 0.552. The van der Waals surface area contributed by atoms with E-state index < -0.39 is 24.5 Å². The van der Waals surface area contributed by atoms with Crippen molar-refractivity contribution in [3.8, 4) is 5.75 Å². The van der Waals surface area contributed by atoms with Gasteiger partial charge in [-0.25, -0.2) is 4.79 Å². The van der Waals surface area contributed by atoms with E-state index in [4.69, 9.17) is 14.9 Å². The van der Waals surface area contributed by atoms with E-state index in [0.717, 1.165) is 16.7 Å². The van der Waals surface area contributed by atoms with Crippen LogP contribution in [-0.2, 0) is 9.59 Å². The molecule has 0 aliphatic carbocycles. The third-order valence-corrected chi connectivity index (χ3v) is 2.77. The molecule has 110 valence electrons. The van der Waals surface area contributed by atoms with Crippen LogP contribution in [0.15, 0.2) is 12.1 Å². The van der Waals surface area contributed by atoms with Gasteiger partial charge in [-0.05, 0) is 31.9 Å². The van der Waals surface area contributed by atoms with Gasteiger partial charge in [0.15, 0.2) is 6.61 Å². The topological polar surface area (TPSA) is 95.9 Å². The molecule has 6 nitrogen and oxygen atoms in total. The van der Waals surface area contributed by atoms with E-state index in [1.54, 1.807) is 0 Å². The average molecular weight is 281 g/mol. The molecule has 6 heteroatoms. The smallest absolute Gasteiger partial charge is 0.328 e. The summed E-state index contributed by atoms with van der Waals surface area (Å²) in [4.78, 5) is 22.2. The molecule has 0 aliphatic heterocycles. The van der Waals surface area contributed by atoms with Crippen molar-refractivity contribution >= 4 is 11.9 Å². The molecule has 0 aliphatic rings. The molecule has 0 aromatic heterocycles. The van der Waals surface area contributed by atoms with Crippen LogP contribution in [0.3, 0.4) is 0 Å². The lowest BCUT2D eigenvalue weighted by molar-refractivity contribution is -0.143. The first-order valence-electron chi connectivity index (χ1n) is 6.18. The fourth-order valence-corrected chi connectivity index (χ4v) is 1.95. The highest BCUT2D eigenvalue weighted by molar-refractivity contribution is 5.84. The van der Waals surface area contributed by atoms with Gasteiger partial charge in [0.05, 0.1) is 6.61 Å². The Morgan fingerprint density at radius 2 is 1.80 bits per heavy atom. The van der Waals surface area contributed by atoms with Crippen LogP contribution in [0.25, 0.3) is 0 Å². The molecule has 1 atom stereocenters. The number of aliphatic carboxylic acids is 1. The summed E-state index contributed by atoms with van der Waals surface area (Å²) >= 11 is 0. The summed E-state index contributed by atoms with van der Waals surface area (Å²) in [5, 5.41) is 19.7. The van der Waals surface area contributed by atoms with E-state index in [0.29, 0.717) is 5.75 Å². The van der Waals surface area contributed by atoms with Crippen molar-refractivity contribution in [1.82, 2.24) is 5.32 Å². The number of aliphatic hydroxyl groups excluding tert-OH is 1. The second-order valence-electron chi connectivity index (χ2n) is 4.66. The lowest BCUT2D eigenvalue weighted by atomic mass is 10.1. The number of benzene rings is 1. The van der Waals surface area contributed by atoms with Gasteiger partial charge in [-0.2, -0.15) is 0 Å². The van der Waals surface area contributed by atoms with Crippen LogP contribution in [0.2, 0.25) is 0 Å². The van der Waals surface area contributed by atoms with E-state index >= 15 is 0 Å². The molecule has 3 N–H and O–H groups in total. The number of carboxylic acids is 1. The minimum absolute atomic E-state index is 0.297. The Balaban J connectivity index is 2.64. The van der Waals surface area contributed by atoms with Crippen LogP contribution < -0.4 is 10.1 Å². The van der Waals surface area contributed by atoms with Crippen molar-refractivity contribution < 1.29 is 24.5 Å². The first kappa shape index (κ1) is 16.0. The van der Waals surface area contributed by atoms with E-state index in [1.807, 2.05) is 32.9 Å². The molecule has 0 saturated carbocycles. The molecular weight excluding hydrogens is 262 g/mol. The number of amides is 1. The lowest BCUT2D eigenvalue weighted by Gasteiger charge is -2.15. The minimum atomic E-state index is -1.31. The summed E-state index contributed by atoms with van der Waals surface area (Å²) < 4.78 is 5.42. The number of ether oxygens (including phenoxy) is 1. The van der Waals surface area contributed by atoms with Gasteiger partial charge in [-0.1, -0.05) is 17.7 Å². The monoisotopic (exact) mass is 281 g/mol. The summed E-state index contributed by atoms with van der Waals surface area (Å²) in [5.74, 6) is -1.27. The summed E-state index contributed by atoms with van der Waals surface area (Å²) in [7, 11) is 0. The Morgan fingerprint density at radius 1 is 1.25 bits per heavy atom. The van der Waals surface area contributed by atoms with Crippen LogP contribution in [-0.4, -0.2) is 41.3 Å². The molecule has 1 aromatic carbocycles. The van der Waals surface area contributed by atoms with E-state index in [1.165, 1.54) is 0 Å². The van der Waals surface area contributed by atoms with Gasteiger partial charge in [0.2, 0.25) is 0 Å². The maximum atomic E-state index is 11.6. The Bertz CT molecular complexity index is 489. The molecule has 0 bridgehead atoms. The zero-order valence-electron chi connectivity index (χ0n) is 11.8. The molecule has 0 spiro atoms. The van der Waals surface area contributed by atoms with Crippen molar-refractivity contribution in [3.63, 3.8) is 0 Å². The first-order chi connectivity index (χ1) is 9.35. The largest absolute Gasteiger partial charge is 0.483 e. The summed E-state index contributed by atoms with van der Waals surface area (Å²) in [6, 6.07) is 2.56. The van der Waals surface area contributed by atoms with Crippen molar-refractivity contribution in [1.29, 1.82) is 0 Å². The van der Waals surface area contributed by atoms with Crippen LogP contribution in [0.1, 0.15) is 16.7 Å². The third kappa shape index (κ3) is 4.24. The highest BCUT2D eigenvalue weighted by atomic mass is 16.5. The normalized spacial score (nSPS) is 11.8. The van der Waals surface area contributed by atoms with Gasteiger partial charge in [-0.3, -0.25) is 4.79 Å². The van der Waals surface area contributed by atoms with Crippen LogP contribution >= 0.6 is 0 Å². The van der Waals surface area contributed by atoms with E-state index in [-0.39, 0.29) is 6.61 Å². The van der Waals surface area contributed by atoms with Crippen LogP contribution in [0.4, 0.5) is 0 Å². The van der Waals surface area contributed by atoms with Gasteiger partial charge < -0.3 is 20.3 Å². The number of aryl methyl sites for hydroxylation is 3. The quantitative estimate of drug-likeness (QED) is 0.708. The van der Waals surface area contributed by atoms with E-state index in [9.17, 15) is 9.59 Å². The highest BCUT2D eigenvalue weighted by Gasteiger charge is 2.19. The zero-order valence-corrected chi connectivity index (χ0v) is 11.8. The molecule has 0 radical (unpaired) electrons. The Hall–Kier alpha value is -2.08. The first-order valence-corrected chi connectivity index (χ1v) is 6.18. The summed E-state index contributed by atoms with van der Waals surface area (Å²) in [5.41, 5.74) is 2.92. The van der Waals surface area contributed by atoms with Crippen molar-refractivity contribution in [3.05, 3.63) is 28.8 Å². The number of aliphatic hydroxyl groups is 1. The Labute approximate surface area is 117 Å². The molecule has 0 unspecified atom stereocenters. The zero-order chi connectivity index (χ0) is 15.3. The van der Waals surface area contributed by atoms with Gasteiger partial charge in [0, 0.05) is 0 Å². The average Bonchev–Trinajstić information content (AvgIpc) is 2.34. The van der Waals surface area contributed by atoms with Gasteiger partial charge in [0.1, 0.15) is 11.8 Å². The number of hydrogen-bond acceptors (Lipinski definition) is 4. The molecule has 0 saturated heterocycles. The Morgan fingerprint density at radius 3 is 2.25 bits per heavy atom. The van der Waals surface area contributed by atoms with Gasteiger partial charge >= 0.3 is 5.97 Å². The van der Waals surface area contributed by atoms with Crippen LogP contribution in [0.5, 0.6) is 5.75 Å². The summed E-state index contributed by atoms with van der Waals surface area (Å²) in [6.45, 7) is 4.76. The lowest BCUT2D eigenvalue weighted by Crippen LogP contribution is -2.45. The third-order valence-electron chi connectivity index (χ3n) is 2.77. The molecule has 0 heterocycles. The molecule has 1 amide bonds. The fraction of sp³-hybridized carbons (Fsp3) is 0.429. The predicted molar refractivity (Wildman–Crippen MR) is 72.8 cm³/mol. The van der Waals surface area contributed by atoms with Crippen LogP contribution in [0, 0.1) is 20.8 Å². The van der Waals surface area contributed by atoms with Gasteiger partial charge in [-0.15, -0.1) is 0 Å². The molecule has 1 aromatic rings. The number of carbonyl (C=O) groups is 2. The number of nitrogens with one attached hydrogen (secondary N) is 1. The summed E-state index contributed by atoms with van der Waals surface area (Å²) in [6.07, 6.45) is 0. The highest BCUT2D eigenvalue weighted by Crippen LogP contribution is 2.24. The van der Waals surface area contributed by atoms with Crippen molar-refractivity contribution in [2.24, 2.45) is 0 Å². The van der Waals surface area contributed by atoms with Crippen molar-refractivity contribution in [2.75, 3.05) is 13.2 Å².